The number of carbonyl (C=O) groups is 1. The van der Waals surface area contributed by atoms with E-state index in [4.69, 9.17) is 5.73 Å². The molecule has 0 aromatic carbocycles. The van der Waals surface area contributed by atoms with Crippen molar-refractivity contribution in [1.29, 1.82) is 0 Å². The molecule has 2 heterocycles. The van der Waals surface area contributed by atoms with E-state index in [1.165, 1.54) is 16.2 Å². The molecule has 2 rings (SSSR count). The van der Waals surface area contributed by atoms with Crippen molar-refractivity contribution in [3.8, 4) is 0 Å². The van der Waals surface area contributed by atoms with Crippen LogP contribution in [0.15, 0.2) is 11.6 Å². The van der Waals surface area contributed by atoms with Crippen molar-refractivity contribution < 1.29 is 4.79 Å². The molecule has 20 heavy (non-hydrogen) atoms. The van der Waals surface area contributed by atoms with Gasteiger partial charge < -0.3 is 10.6 Å². The molecule has 1 amide bonds. The molecule has 5 nitrogen and oxygen atoms in total. The third-order valence-corrected chi connectivity index (χ3v) is 4.83. The normalized spacial score (nSPS) is 10.8. The number of hydrogen-bond donors (Lipinski definition) is 1. The third-order valence-electron chi connectivity index (χ3n) is 2.80. The molecule has 0 spiro atoms. The highest BCUT2D eigenvalue weighted by atomic mass is 32.1. The lowest BCUT2D eigenvalue weighted by Crippen LogP contribution is -2.26. The molecule has 2 aromatic rings. The van der Waals surface area contributed by atoms with Crippen molar-refractivity contribution >= 4 is 28.6 Å². The number of nitrogens with zero attached hydrogens (tertiary/aromatic N) is 3. The van der Waals surface area contributed by atoms with Gasteiger partial charge in [0.1, 0.15) is 10.7 Å². The average Bonchev–Trinajstić information content (AvgIpc) is 3.07. The second-order valence-electron chi connectivity index (χ2n) is 4.40. The number of hydrogen-bond acceptors (Lipinski definition) is 6. The predicted molar refractivity (Wildman–Crippen MR) is 82.2 cm³/mol. The number of nitrogens with two attached hydrogens (primary N) is 1. The van der Waals surface area contributed by atoms with Crippen LogP contribution in [-0.4, -0.2) is 34.4 Å². The predicted octanol–water partition coefficient (Wildman–Crippen LogP) is 1.94. The maximum absolute atomic E-state index is 12.3. The van der Waals surface area contributed by atoms with Gasteiger partial charge in [0.15, 0.2) is 0 Å². The third kappa shape index (κ3) is 3.62. The van der Waals surface area contributed by atoms with Gasteiger partial charge in [-0.1, -0.05) is 6.92 Å². The van der Waals surface area contributed by atoms with Crippen LogP contribution in [0.3, 0.4) is 0 Å². The lowest BCUT2D eigenvalue weighted by Gasteiger charge is -2.13. The van der Waals surface area contributed by atoms with Crippen molar-refractivity contribution in [3.05, 3.63) is 32.2 Å². The SMILES string of the molecule is CCc1cnc(CN(C)C(=O)c2csc(CCN)n2)s1. The first-order valence-corrected chi connectivity index (χ1v) is 8.17. The molecule has 0 aliphatic carbocycles. The van der Waals surface area contributed by atoms with E-state index in [9.17, 15) is 4.79 Å². The van der Waals surface area contributed by atoms with Crippen molar-refractivity contribution in [2.75, 3.05) is 13.6 Å². The number of aryl methyl sites for hydroxylation is 1. The van der Waals surface area contributed by atoms with Crippen molar-refractivity contribution in [3.63, 3.8) is 0 Å². The Morgan fingerprint density at radius 2 is 2.25 bits per heavy atom. The fraction of sp³-hybridized carbons (Fsp3) is 0.462. The van der Waals surface area contributed by atoms with Gasteiger partial charge in [-0.05, 0) is 13.0 Å². The molecule has 0 bridgehead atoms. The van der Waals surface area contributed by atoms with Crippen LogP contribution in [-0.2, 0) is 19.4 Å². The van der Waals surface area contributed by atoms with E-state index in [2.05, 4.69) is 16.9 Å². The van der Waals surface area contributed by atoms with Crippen LogP contribution in [0.1, 0.15) is 32.3 Å². The highest BCUT2D eigenvalue weighted by Gasteiger charge is 2.16. The molecule has 0 atom stereocenters. The van der Waals surface area contributed by atoms with Crippen molar-refractivity contribution in [1.82, 2.24) is 14.9 Å². The fourth-order valence-electron chi connectivity index (χ4n) is 1.70. The molecular weight excluding hydrogens is 292 g/mol. The number of rotatable bonds is 6. The first kappa shape index (κ1) is 15.1. The highest BCUT2D eigenvalue weighted by Crippen LogP contribution is 2.17. The maximum atomic E-state index is 12.3. The molecule has 108 valence electrons. The lowest BCUT2D eigenvalue weighted by molar-refractivity contribution is 0.0780. The summed E-state index contributed by atoms with van der Waals surface area (Å²) in [6.07, 6.45) is 3.57. The quantitative estimate of drug-likeness (QED) is 0.885. The van der Waals surface area contributed by atoms with Gasteiger partial charge in [0.2, 0.25) is 0 Å². The smallest absolute Gasteiger partial charge is 0.273 e. The first-order chi connectivity index (χ1) is 9.63. The van der Waals surface area contributed by atoms with Crippen LogP contribution in [0.2, 0.25) is 0 Å². The lowest BCUT2D eigenvalue weighted by atomic mass is 10.4. The van der Waals surface area contributed by atoms with Crippen LogP contribution in [0.4, 0.5) is 0 Å². The average molecular weight is 310 g/mol. The van der Waals surface area contributed by atoms with E-state index >= 15 is 0 Å². The molecule has 7 heteroatoms. The van der Waals surface area contributed by atoms with Gasteiger partial charge in [0, 0.05) is 29.9 Å². The molecule has 0 unspecified atom stereocenters. The molecule has 0 saturated heterocycles. The van der Waals surface area contributed by atoms with Gasteiger partial charge >= 0.3 is 0 Å². The minimum atomic E-state index is -0.0715. The van der Waals surface area contributed by atoms with Crippen LogP contribution in [0.25, 0.3) is 0 Å². The molecule has 0 aliphatic rings. The van der Waals surface area contributed by atoms with Gasteiger partial charge in [-0.25, -0.2) is 9.97 Å². The maximum Gasteiger partial charge on any atom is 0.273 e. The fourth-order valence-corrected chi connectivity index (χ4v) is 3.41. The minimum Gasteiger partial charge on any atom is -0.334 e. The highest BCUT2D eigenvalue weighted by molar-refractivity contribution is 7.11. The Bertz CT molecular complexity index is 578. The zero-order valence-corrected chi connectivity index (χ0v) is 13.3. The van der Waals surface area contributed by atoms with E-state index in [0.717, 1.165) is 16.4 Å². The summed E-state index contributed by atoms with van der Waals surface area (Å²) < 4.78 is 0. The molecule has 2 N–H and O–H groups in total. The van der Waals surface area contributed by atoms with E-state index < -0.39 is 0 Å². The molecule has 0 aliphatic heterocycles. The Balaban J connectivity index is 2.00. The number of thiazole rings is 2. The summed E-state index contributed by atoms with van der Waals surface area (Å²) in [6.45, 7) is 3.17. The van der Waals surface area contributed by atoms with Crippen LogP contribution < -0.4 is 5.73 Å². The molecular formula is C13H18N4OS2. The zero-order chi connectivity index (χ0) is 14.5. The summed E-state index contributed by atoms with van der Waals surface area (Å²) in [5, 5.41) is 3.66. The van der Waals surface area contributed by atoms with Gasteiger partial charge in [-0.3, -0.25) is 4.79 Å². The minimum absolute atomic E-state index is 0.0715. The summed E-state index contributed by atoms with van der Waals surface area (Å²) in [4.78, 5) is 23.8. The zero-order valence-electron chi connectivity index (χ0n) is 11.6. The Morgan fingerprint density at radius 1 is 1.45 bits per heavy atom. The molecule has 0 fully saturated rings. The largest absolute Gasteiger partial charge is 0.334 e. The Kier molecular flexibility index (Phi) is 5.22. The molecule has 2 aromatic heterocycles. The van der Waals surface area contributed by atoms with Crippen LogP contribution in [0.5, 0.6) is 0 Å². The molecule has 0 radical (unpaired) electrons. The number of amides is 1. The molecule has 0 saturated carbocycles. The van der Waals surface area contributed by atoms with E-state index in [0.29, 0.717) is 25.2 Å². The Morgan fingerprint density at radius 3 is 2.90 bits per heavy atom. The topological polar surface area (TPSA) is 72.1 Å². The van der Waals surface area contributed by atoms with Crippen molar-refractivity contribution in [2.24, 2.45) is 5.73 Å². The summed E-state index contributed by atoms with van der Waals surface area (Å²) in [6, 6.07) is 0. The van der Waals surface area contributed by atoms with Gasteiger partial charge in [0.05, 0.1) is 11.6 Å². The summed E-state index contributed by atoms with van der Waals surface area (Å²) in [5.74, 6) is -0.0715. The number of carbonyl (C=O) groups excluding carboxylic acids is 1. The van der Waals surface area contributed by atoms with Crippen molar-refractivity contribution in [2.45, 2.75) is 26.3 Å². The number of aromatic nitrogens is 2. The van der Waals surface area contributed by atoms with Crippen LogP contribution >= 0.6 is 22.7 Å². The monoisotopic (exact) mass is 310 g/mol. The van der Waals surface area contributed by atoms with E-state index in [1.807, 2.05) is 6.20 Å². The summed E-state index contributed by atoms with van der Waals surface area (Å²) in [5.41, 5.74) is 5.98. The second-order valence-corrected chi connectivity index (χ2v) is 6.54. The van der Waals surface area contributed by atoms with Crippen LogP contribution in [0, 0.1) is 0 Å². The Labute approximate surface area is 126 Å². The summed E-state index contributed by atoms with van der Waals surface area (Å²) >= 11 is 3.13. The van der Waals surface area contributed by atoms with E-state index in [1.54, 1.807) is 28.7 Å². The summed E-state index contributed by atoms with van der Waals surface area (Å²) in [7, 11) is 1.78. The van der Waals surface area contributed by atoms with Gasteiger partial charge in [-0.15, -0.1) is 22.7 Å². The Hall–Kier alpha value is -1.31. The van der Waals surface area contributed by atoms with Gasteiger partial charge in [0.25, 0.3) is 5.91 Å². The second kappa shape index (κ2) is 6.92. The van der Waals surface area contributed by atoms with E-state index in [-0.39, 0.29) is 5.91 Å². The van der Waals surface area contributed by atoms with Gasteiger partial charge in [-0.2, -0.15) is 0 Å². The standard InChI is InChI=1S/C13H18N4OS2/c1-3-9-6-15-12(20-9)7-17(2)13(18)10-8-19-11(16-10)4-5-14/h6,8H,3-5,7,14H2,1-2H3. The first-order valence-electron chi connectivity index (χ1n) is 6.47.